The number of rotatable bonds is 7. The maximum atomic E-state index is 12.1. The first kappa shape index (κ1) is 20.3. The summed E-state index contributed by atoms with van der Waals surface area (Å²) < 4.78 is 36.9. The molecule has 0 aliphatic carbocycles. The van der Waals surface area contributed by atoms with Gasteiger partial charge in [-0.2, -0.15) is 0 Å². The van der Waals surface area contributed by atoms with Crippen LogP contribution in [0.25, 0.3) is 0 Å². The molecule has 3 heterocycles. The summed E-state index contributed by atoms with van der Waals surface area (Å²) in [5, 5.41) is 0.106. The summed E-state index contributed by atoms with van der Waals surface area (Å²) in [6, 6.07) is 0. The van der Waals surface area contributed by atoms with Crippen molar-refractivity contribution in [1.29, 1.82) is 0 Å². The van der Waals surface area contributed by atoms with Crippen LogP contribution in [-0.4, -0.2) is 67.5 Å². The van der Waals surface area contributed by atoms with E-state index in [1.54, 1.807) is 10.8 Å². The number of likely N-dealkylation sites (tertiary alicyclic amines) is 1. The Balaban J connectivity index is 1.68. The van der Waals surface area contributed by atoms with Crippen molar-refractivity contribution >= 4 is 15.8 Å². The third kappa shape index (κ3) is 5.08. The smallest absolute Gasteiger partial charge is 0.309 e. The minimum atomic E-state index is -3.40. The van der Waals surface area contributed by atoms with E-state index >= 15 is 0 Å². The Hall–Kier alpha value is -1.45. The van der Waals surface area contributed by atoms with E-state index in [9.17, 15) is 13.2 Å². The quantitative estimate of drug-likeness (QED) is 0.637. The molecule has 1 aromatic rings. The molecule has 1 atom stereocenters. The first-order chi connectivity index (χ1) is 12.9. The monoisotopic (exact) mass is 399 g/mol. The fourth-order valence-electron chi connectivity index (χ4n) is 3.82. The third-order valence-corrected chi connectivity index (χ3v) is 6.23. The van der Waals surface area contributed by atoms with Crippen molar-refractivity contribution in [3.63, 3.8) is 0 Å². The van der Waals surface area contributed by atoms with Crippen molar-refractivity contribution in [2.24, 2.45) is 5.92 Å². The molecule has 1 aromatic heterocycles. The van der Waals surface area contributed by atoms with Crippen LogP contribution >= 0.6 is 0 Å². The second-order valence-electron chi connectivity index (χ2n) is 7.35. The van der Waals surface area contributed by atoms with Crippen LogP contribution in [0.2, 0.25) is 0 Å². The number of nitrogens with zero attached hydrogens (tertiary/aromatic N) is 3. The Kier molecular flexibility index (Phi) is 6.54. The number of sulfone groups is 1. The molecule has 0 bridgehead atoms. The van der Waals surface area contributed by atoms with Crippen LogP contribution in [-0.2, 0) is 37.2 Å². The summed E-state index contributed by atoms with van der Waals surface area (Å²) in [6.07, 6.45) is 6.34. The van der Waals surface area contributed by atoms with E-state index in [4.69, 9.17) is 9.47 Å². The highest BCUT2D eigenvalue weighted by Gasteiger charge is 2.28. The van der Waals surface area contributed by atoms with Crippen molar-refractivity contribution in [3.8, 4) is 0 Å². The van der Waals surface area contributed by atoms with Gasteiger partial charge in [0.1, 0.15) is 0 Å². The molecule has 2 aliphatic rings. The lowest BCUT2D eigenvalue weighted by atomic mass is 9.97. The second-order valence-corrected chi connectivity index (χ2v) is 9.26. The van der Waals surface area contributed by atoms with Crippen molar-refractivity contribution in [2.75, 3.05) is 32.6 Å². The van der Waals surface area contributed by atoms with Gasteiger partial charge in [0.15, 0.2) is 0 Å². The van der Waals surface area contributed by atoms with Gasteiger partial charge in [-0.25, -0.2) is 13.4 Å². The third-order valence-electron chi connectivity index (χ3n) is 5.24. The van der Waals surface area contributed by atoms with Gasteiger partial charge in [0.05, 0.1) is 37.1 Å². The van der Waals surface area contributed by atoms with E-state index in [-0.39, 0.29) is 23.1 Å². The number of carbonyl (C=O) groups is 1. The predicted molar refractivity (Wildman–Crippen MR) is 98.9 cm³/mol. The van der Waals surface area contributed by atoms with Gasteiger partial charge in [-0.15, -0.1) is 0 Å². The summed E-state index contributed by atoms with van der Waals surface area (Å²) in [6.45, 7) is 5.65. The summed E-state index contributed by atoms with van der Waals surface area (Å²) >= 11 is 0. The standard InChI is InChI=1S/C18H29N3O5S/c1-3-25-17(22)14-6-8-20(9-7-14)12-15-11-19-18(27(2,23)24)21(15)13-16-5-4-10-26-16/h11,14,16H,3-10,12-13H2,1-2H3. The molecule has 0 amide bonds. The van der Waals surface area contributed by atoms with Crippen LogP contribution < -0.4 is 0 Å². The van der Waals surface area contributed by atoms with Gasteiger partial charge in [-0.1, -0.05) is 0 Å². The van der Waals surface area contributed by atoms with Crippen molar-refractivity contribution in [3.05, 3.63) is 11.9 Å². The molecule has 0 N–H and O–H groups in total. The first-order valence-corrected chi connectivity index (χ1v) is 11.5. The average Bonchev–Trinajstić information content (AvgIpc) is 3.26. The summed E-state index contributed by atoms with van der Waals surface area (Å²) in [4.78, 5) is 18.3. The number of hydrogen-bond donors (Lipinski definition) is 0. The van der Waals surface area contributed by atoms with Gasteiger partial charge in [-0.3, -0.25) is 9.69 Å². The highest BCUT2D eigenvalue weighted by atomic mass is 32.2. The predicted octanol–water partition coefficient (Wildman–Crippen LogP) is 1.24. The number of carbonyl (C=O) groups excluding carboxylic acids is 1. The average molecular weight is 400 g/mol. The number of imidazole rings is 1. The maximum Gasteiger partial charge on any atom is 0.309 e. The topological polar surface area (TPSA) is 90.7 Å². The molecule has 2 fully saturated rings. The highest BCUT2D eigenvalue weighted by molar-refractivity contribution is 7.90. The van der Waals surface area contributed by atoms with Crippen LogP contribution in [0.4, 0.5) is 0 Å². The number of piperidine rings is 1. The minimum absolute atomic E-state index is 0.0352. The van der Waals surface area contributed by atoms with Crippen LogP contribution in [0.15, 0.2) is 11.4 Å². The molecule has 1 unspecified atom stereocenters. The van der Waals surface area contributed by atoms with E-state index in [2.05, 4.69) is 9.88 Å². The Bertz CT molecular complexity index is 747. The van der Waals surface area contributed by atoms with Gasteiger partial charge in [-0.05, 0) is 45.7 Å². The van der Waals surface area contributed by atoms with Gasteiger partial charge in [0.25, 0.3) is 0 Å². The fourth-order valence-corrected chi connectivity index (χ4v) is 4.65. The largest absolute Gasteiger partial charge is 0.466 e. The summed E-state index contributed by atoms with van der Waals surface area (Å²) in [5.74, 6) is -0.149. The second kappa shape index (κ2) is 8.70. The van der Waals surface area contributed by atoms with Gasteiger partial charge in [0, 0.05) is 19.4 Å². The Labute approximate surface area is 160 Å². The highest BCUT2D eigenvalue weighted by Crippen LogP contribution is 2.23. The molecule has 2 saturated heterocycles. The molecule has 8 nitrogen and oxygen atoms in total. The molecule has 3 rings (SSSR count). The fraction of sp³-hybridized carbons (Fsp3) is 0.778. The molecule has 0 saturated carbocycles. The molecule has 0 radical (unpaired) electrons. The molecule has 9 heteroatoms. The Morgan fingerprint density at radius 3 is 2.67 bits per heavy atom. The van der Waals surface area contributed by atoms with E-state index in [0.717, 1.165) is 51.1 Å². The zero-order valence-corrected chi connectivity index (χ0v) is 16.9. The number of esters is 1. The van der Waals surface area contributed by atoms with Crippen molar-refractivity contribution in [1.82, 2.24) is 14.5 Å². The normalized spacial score (nSPS) is 22.2. The number of hydrogen-bond acceptors (Lipinski definition) is 7. The van der Waals surface area contributed by atoms with Crippen LogP contribution in [0, 0.1) is 5.92 Å². The Morgan fingerprint density at radius 2 is 2.07 bits per heavy atom. The molecule has 0 aromatic carbocycles. The summed E-state index contributed by atoms with van der Waals surface area (Å²) in [7, 11) is -3.40. The van der Waals surface area contributed by atoms with Crippen molar-refractivity contribution in [2.45, 2.75) is 57.0 Å². The van der Waals surface area contributed by atoms with Crippen LogP contribution in [0.5, 0.6) is 0 Å². The van der Waals surface area contributed by atoms with Crippen LogP contribution in [0.1, 0.15) is 38.3 Å². The lowest BCUT2D eigenvalue weighted by molar-refractivity contribution is -0.149. The van der Waals surface area contributed by atoms with Crippen molar-refractivity contribution < 1.29 is 22.7 Å². The summed E-state index contributed by atoms with van der Waals surface area (Å²) in [5.41, 5.74) is 0.875. The number of ether oxygens (including phenoxy) is 2. The molecule has 2 aliphatic heterocycles. The molecule has 0 spiro atoms. The van der Waals surface area contributed by atoms with Gasteiger partial charge < -0.3 is 14.0 Å². The molecule has 27 heavy (non-hydrogen) atoms. The zero-order chi connectivity index (χ0) is 19.4. The van der Waals surface area contributed by atoms with Gasteiger partial charge in [0.2, 0.25) is 15.0 Å². The van der Waals surface area contributed by atoms with E-state index in [1.807, 2.05) is 6.92 Å². The lowest BCUT2D eigenvalue weighted by Crippen LogP contribution is -2.37. The molecular weight excluding hydrogens is 370 g/mol. The number of aromatic nitrogens is 2. The van der Waals surface area contributed by atoms with E-state index in [1.165, 1.54) is 6.26 Å². The maximum absolute atomic E-state index is 12.1. The zero-order valence-electron chi connectivity index (χ0n) is 16.1. The van der Waals surface area contributed by atoms with Gasteiger partial charge >= 0.3 is 5.97 Å². The lowest BCUT2D eigenvalue weighted by Gasteiger charge is -2.31. The Morgan fingerprint density at radius 1 is 1.33 bits per heavy atom. The SMILES string of the molecule is CCOC(=O)C1CCN(Cc2cnc(S(C)(=O)=O)n2CC2CCCO2)CC1. The minimum Gasteiger partial charge on any atom is -0.466 e. The van der Waals surface area contributed by atoms with E-state index in [0.29, 0.717) is 19.7 Å². The van der Waals surface area contributed by atoms with E-state index < -0.39 is 9.84 Å². The van der Waals surface area contributed by atoms with Crippen LogP contribution in [0.3, 0.4) is 0 Å². The molecule has 152 valence electrons. The first-order valence-electron chi connectivity index (χ1n) is 9.63. The molecular formula is C18H29N3O5S.